The first-order chi connectivity index (χ1) is 14.7. The number of benzene rings is 2. The fourth-order valence-corrected chi connectivity index (χ4v) is 4.00. The zero-order chi connectivity index (χ0) is 22.2. The van der Waals surface area contributed by atoms with Crippen LogP contribution in [0.15, 0.2) is 54.6 Å². The van der Waals surface area contributed by atoms with Gasteiger partial charge in [0, 0.05) is 18.7 Å². The van der Waals surface area contributed by atoms with Gasteiger partial charge in [0.2, 0.25) is 5.54 Å². The van der Waals surface area contributed by atoms with Crippen LogP contribution >= 0.6 is 0 Å². The van der Waals surface area contributed by atoms with E-state index in [4.69, 9.17) is 0 Å². The summed E-state index contributed by atoms with van der Waals surface area (Å²) in [5.41, 5.74) is -2.59. The first-order valence-electron chi connectivity index (χ1n) is 9.88. The number of halogens is 3. The highest BCUT2D eigenvalue weighted by Crippen LogP contribution is 2.43. The second-order valence-electron chi connectivity index (χ2n) is 7.63. The van der Waals surface area contributed by atoms with E-state index < -0.39 is 23.7 Å². The molecule has 1 unspecified atom stereocenters. The number of alkyl halides is 3. The fourth-order valence-electron chi connectivity index (χ4n) is 4.00. The summed E-state index contributed by atoms with van der Waals surface area (Å²) in [6.45, 7) is 1.05. The molecule has 2 aromatic carbocycles. The van der Waals surface area contributed by atoms with E-state index >= 15 is 0 Å². The number of nitrogens with one attached hydrogen (secondary N) is 1. The number of amides is 4. The summed E-state index contributed by atoms with van der Waals surface area (Å²) >= 11 is 0. The van der Waals surface area contributed by atoms with E-state index in [9.17, 15) is 27.6 Å². The fraction of sp³-hybridized carbons (Fsp3) is 0.318. The Bertz CT molecular complexity index is 1000. The topological polar surface area (TPSA) is 69.7 Å². The number of carbonyl (C=O) groups excluding carboxylic acids is 3. The van der Waals surface area contributed by atoms with Crippen molar-refractivity contribution < 1.29 is 27.6 Å². The average molecular weight is 431 g/mol. The van der Waals surface area contributed by atoms with Crippen LogP contribution in [0.5, 0.6) is 0 Å². The number of nitrogens with zero attached hydrogens (tertiary/aromatic N) is 2. The summed E-state index contributed by atoms with van der Waals surface area (Å²) in [4.78, 5) is 40.0. The molecule has 0 aromatic heterocycles. The molecule has 0 spiro atoms. The molecule has 2 saturated heterocycles. The van der Waals surface area contributed by atoms with Gasteiger partial charge < -0.3 is 10.2 Å². The molecule has 2 aliphatic rings. The van der Waals surface area contributed by atoms with Crippen molar-refractivity contribution in [2.45, 2.75) is 31.1 Å². The molecule has 2 aromatic rings. The van der Waals surface area contributed by atoms with Gasteiger partial charge in [-0.2, -0.15) is 13.2 Å². The maximum atomic E-state index is 14.0. The van der Waals surface area contributed by atoms with E-state index in [1.807, 2.05) is 5.32 Å². The van der Waals surface area contributed by atoms with Crippen LogP contribution in [0.25, 0.3) is 0 Å². The highest BCUT2D eigenvalue weighted by molar-refractivity contribution is 6.08. The second kappa shape index (κ2) is 7.72. The van der Waals surface area contributed by atoms with Gasteiger partial charge in [0.05, 0.1) is 6.54 Å². The summed E-state index contributed by atoms with van der Waals surface area (Å²) in [5, 5.41) is 1.86. The number of rotatable bonds is 4. The predicted molar refractivity (Wildman–Crippen MR) is 105 cm³/mol. The molecule has 0 bridgehead atoms. The van der Waals surface area contributed by atoms with Gasteiger partial charge in [-0.25, -0.2) is 4.79 Å². The van der Waals surface area contributed by atoms with Crippen LogP contribution in [-0.2, 0) is 16.9 Å². The highest BCUT2D eigenvalue weighted by Gasteiger charge is 2.68. The number of hydrogen-bond donors (Lipinski definition) is 1. The van der Waals surface area contributed by atoms with Crippen LogP contribution in [0.2, 0.25) is 0 Å². The average Bonchev–Trinajstić information content (AvgIpc) is 3.37. The van der Waals surface area contributed by atoms with Gasteiger partial charge in [0.15, 0.2) is 0 Å². The van der Waals surface area contributed by atoms with Crippen LogP contribution < -0.4 is 5.32 Å². The Morgan fingerprint density at radius 2 is 1.58 bits per heavy atom. The monoisotopic (exact) mass is 431 g/mol. The molecule has 31 heavy (non-hydrogen) atoms. The maximum absolute atomic E-state index is 14.0. The zero-order valence-corrected chi connectivity index (χ0v) is 16.5. The van der Waals surface area contributed by atoms with Crippen LogP contribution in [0.1, 0.15) is 34.3 Å². The van der Waals surface area contributed by atoms with Crippen LogP contribution in [0.4, 0.5) is 18.0 Å². The van der Waals surface area contributed by atoms with E-state index in [0.29, 0.717) is 29.1 Å². The minimum absolute atomic E-state index is 0.112. The van der Waals surface area contributed by atoms with Gasteiger partial charge in [-0.3, -0.25) is 14.5 Å². The number of urea groups is 1. The van der Waals surface area contributed by atoms with Crippen molar-refractivity contribution in [3.63, 3.8) is 0 Å². The lowest BCUT2D eigenvalue weighted by Crippen LogP contribution is -2.55. The van der Waals surface area contributed by atoms with E-state index in [0.717, 1.165) is 25.0 Å². The third-order valence-corrected chi connectivity index (χ3v) is 5.67. The van der Waals surface area contributed by atoms with Crippen LogP contribution in [0.3, 0.4) is 0 Å². The summed E-state index contributed by atoms with van der Waals surface area (Å²) in [5.74, 6) is -1.49. The lowest BCUT2D eigenvalue weighted by Gasteiger charge is -2.29. The van der Waals surface area contributed by atoms with Crippen molar-refractivity contribution in [2.75, 3.05) is 13.1 Å². The summed E-state index contributed by atoms with van der Waals surface area (Å²) in [7, 11) is 0. The quantitative estimate of drug-likeness (QED) is 0.755. The Morgan fingerprint density at radius 1 is 0.968 bits per heavy atom. The van der Waals surface area contributed by atoms with Gasteiger partial charge in [0.1, 0.15) is 0 Å². The molecule has 9 heteroatoms. The molecule has 2 aliphatic heterocycles. The molecule has 0 aliphatic carbocycles. The first-order valence-corrected chi connectivity index (χ1v) is 9.88. The van der Waals surface area contributed by atoms with Crippen LogP contribution in [-0.4, -0.2) is 46.9 Å². The van der Waals surface area contributed by atoms with E-state index in [1.54, 1.807) is 29.2 Å². The largest absolute Gasteiger partial charge is 0.425 e. The maximum Gasteiger partial charge on any atom is 0.425 e. The Kier molecular flexibility index (Phi) is 5.20. The summed E-state index contributed by atoms with van der Waals surface area (Å²) in [6.07, 6.45) is -3.11. The van der Waals surface area contributed by atoms with Gasteiger partial charge in [-0.15, -0.1) is 0 Å². The van der Waals surface area contributed by atoms with Crippen molar-refractivity contribution in [3.8, 4) is 0 Å². The molecule has 0 radical (unpaired) electrons. The minimum atomic E-state index is -5.03. The molecule has 4 rings (SSSR count). The molecular formula is C22H20F3N3O3. The molecule has 2 heterocycles. The Labute approximate surface area is 176 Å². The first kappa shape index (κ1) is 20.9. The van der Waals surface area contributed by atoms with E-state index in [1.165, 1.54) is 18.2 Å². The molecule has 1 atom stereocenters. The standard InChI is InChI=1S/C22H20F3N3O3/c23-22(24,25)21(17-6-2-1-3-7-17)19(30)28(20(31)26-21)14-15-8-10-16(11-9-15)18(29)27-12-4-5-13-27/h1-3,6-11H,4-5,12-14H2,(H,26,31). The lowest BCUT2D eigenvalue weighted by molar-refractivity contribution is -0.198. The van der Waals surface area contributed by atoms with Crippen molar-refractivity contribution in [2.24, 2.45) is 0 Å². The van der Waals surface area contributed by atoms with Gasteiger partial charge >= 0.3 is 12.2 Å². The predicted octanol–water partition coefficient (Wildman–Crippen LogP) is 3.43. The Balaban J connectivity index is 1.57. The number of hydrogen-bond acceptors (Lipinski definition) is 3. The van der Waals surface area contributed by atoms with Gasteiger partial charge in [0.25, 0.3) is 11.8 Å². The van der Waals surface area contributed by atoms with Crippen molar-refractivity contribution in [1.29, 1.82) is 0 Å². The number of likely N-dealkylation sites (tertiary alicyclic amines) is 1. The summed E-state index contributed by atoms with van der Waals surface area (Å²) in [6, 6.07) is 11.7. The van der Waals surface area contributed by atoms with Gasteiger partial charge in [-0.1, -0.05) is 42.5 Å². The molecular weight excluding hydrogens is 411 g/mol. The van der Waals surface area contributed by atoms with Crippen molar-refractivity contribution in [1.82, 2.24) is 15.1 Å². The molecule has 1 N–H and O–H groups in total. The summed E-state index contributed by atoms with van der Waals surface area (Å²) < 4.78 is 42.1. The Morgan fingerprint density at radius 3 is 2.16 bits per heavy atom. The normalized spacial score (nSPS) is 21.5. The van der Waals surface area contributed by atoms with Crippen molar-refractivity contribution >= 4 is 17.8 Å². The second-order valence-corrected chi connectivity index (χ2v) is 7.63. The van der Waals surface area contributed by atoms with Crippen molar-refractivity contribution in [3.05, 3.63) is 71.3 Å². The minimum Gasteiger partial charge on any atom is -0.339 e. The molecule has 4 amide bonds. The van der Waals surface area contributed by atoms with Crippen LogP contribution in [0, 0.1) is 0 Å². The molecule has 2 fully saturated rings. The highest BCUT2D eigenvalue weighted by atomic mass is 19.4. The smallest absolute Gasteiger partial charge is 0.339 e. The molecule has 6 nitrogen and oxygen atoms in total. The number of imide groups is 1. The lowest BCUT2D eigenvalue weighted by atomic mass is 9.89. The Hall–Kier alpha value is -3.36. The van der Waals surface area contributed by atoms with Gasteiger partial charge in [-0.05, 0) is 36.1 Å². The van der Waals surface area contributed by atoms with E-state index in [-0.39, 0.29) is 18.0 Å². The zero-order valence-electron chi connectivity index (χ0n) is 16.5. The molecule has 162 valence electrons. The van der Waals surface area contributed by atoms with E-state index in [2.05, 4.69) is 0 Å². The molecule has 0 saturated carbocycles. The third kappa shape index (κ3) is 3.54. The SMILES string of the molecule is O=C(c1ccc(CN2C(=O)NC(c3ccccc3)(C(F)(F)F)C2=O)cc1)N1CCCC1. The number of carbonyl (C=O) groups is 3. The third-order valence-electron chi connectivity index (χ3n) is 5.67.